The Hall–Kier alpha value is -0.610. The molecule has 0 aromatic carbocycles. The van der Waals surface area contributed by atoms with Crippen molar-refractivity contribution in [1.29, 1.82) is 0 Å². The van der Waals surface area contributed by atoms with E-state index in [1.165, 1.54) is 0 Å². The number of likely N-dealkylation sites (tertiary alicyclic amines) is 1. The summed E-state index contributed by atoms with van der Waals surface area (Å²) < 4.78 is 0. The van der Waals surface area contributed by atoms with Crippen molar-refractivity contribution in [3.05, 3.63) is 0 Å². The monoisotopic (exact) mass is 172 g/mol. The average Bonchev–Trinajstić information content (AvgIpc) is 2.35. The van der Waals surface area contributed by atoms with Gasteiger partial charge in [0.05, 0.1) is 6.10 Å². The summed E-state index contributed by atoms with van der Waals surface area (Å²) in [6.45, 7) is 4.04. The number of aliphatic hydroxyl groups is 1. The second-order valence-corrected chi connectivity index (χ2v) is 3.51. The molecule has 0 radical (unpaired) electrons. The van der Waals surface area contributed by atoms with Gasteiger partial charge in [-0.1, -0.05) is 6.92 Å². The third kappa shape index (κ3) is 2.46. The molecule has 1 heterocycles. The topological polar surface area (TPSA) is 66.6 Å². The Kier molecular flexibility index (Phi) is 3.05. The summed E-state index contributed by atoms with van der Waals surface area (Å²) in [7, 11) is 0. The van der Waals surface area contributed by atoms with Crippen LogP contribution in [0.2, 0.25) is 0 Å². The number of primary amides is 1. The summed E-state index contributed by atoms with van der Waals surface area (Å²) in [5.41, 5.74) is 5.12. The number of carbonyl (C=O) groups is 1. The fraction of sp³-hybridized carbons (Fsp3) is 0.875. The Morgan fingerprint density at radius 3 is 2.92 bits per heavy atom. The van der Waals surface area contributed by atoms with Crippen LogP contribution in [0.4, 0.5) is 0 Å². The second-order valence-electron chi connectivity index (χ2n) is 3.51. The largest absolute Gasteiger partial charge is 0.392 e. The van der Waals surface area contributed by atoms with Gasteiger partial charge in [-0.05, 0) is 6.42 Å². The lowest BCUT2D eigenvalue weighted by Crippen LogP contribution is -2.33. The highest BCUT2D eigenvalue weighted by Crippen LogP contribution is 2.10. The molecular weight excluding hydrogens is 156 g/mol. The fourth-order valence-electron chi connectivity index (χ4n) is 1.46. The van der Waals surface area contributed by atoms with E-state index in [0.717, 1.165) is 13.0 Å². The molecule has 2 unspecified atom stereocenters. The molecule has 1 rings (SSSR count). The van der Waals surface area contributed by atoms with Gasteiger partial charge in [0.25, 0.3) is 0 Å². The van der Waals surface area contributed by atoms with Crippen molar-refractivity contribution in [3.8, 4) is 0 Å². The Morgan fingerprint density at radius 2 is 2.50 bits per heavy atom. The van der Waals surface area contributed by atoms with Gasteiger partial charge in [0.1, 0.15) is 0 Å². The molecule has 1 amide bonds. The Labute approximate surface area is 72.3 Å². The molecule has 3 N–H and O–H groups in total. The molecule has 12 heavy (non-hydrogen) atoms. The van der Waals surface area contributed by atoms with Crippen molar-refractivity contribution in [3.63, 3.8) is 0 Å². The van der Waals surface area contributed by atoms with Gasteiger partial charge in [-0.15, -0.1) is 0 Å². The van der Waals surface area contributed by atoms with E-state index in [2.05, 4.69) is 4.90 Å². The highest BCUT2D eigenvalue weighted by molar-refractivity contribution is 5.76. The van der Waals surface area contributed by atoms with Crippen molar-refractivity contribution in [2.45, 2.75) is 19.4 Å². The van der Waals surface area contributed by atoms with Crippen LogP contribution < -0.4 is 5.73 Å². The molecule has 70 valence electrons. The molecule has 0 saturated carbocycles. The van der Waals surface area contributed by atoms with E-state index in [0.29, 0.717) is 13.1 Å². The molecule has 0 spiro atoms. The molecule has 1 aliphatic rings. The van der Waals surface area contributed by atoms with Crippen LogP contribution in [-0.2, 0) is 4.79 Å². The molecule has 0 aromatic rings. The summed E-state index contributed by atoms with van der Waals surface area (Å²) in [6.07, 6.45) is 0.593. The molecule has 0 bridgehead atoms. The van der Waals surface area contributed by atoms with Gasteiger partial charge in [0.2, 0.25) is 5.91 Å². The molecule has 1 aliphatic heterocycles. The van der Waals surface area contributed by atoms with Crippen molar-refractivity contribution in [2.75, 3.05) is 19.6 Å². The van der Waals surface area contributed by atoms with E-state index >= 15 is 0 Å². The Morgan fingerprint density at radius 1 is 1.83 bits per heavy atom. The number of aliphatic hydroxyl groups excluding tert-OH is 1. The number of nitrogens with two attached hydrogens (primary N) is 1. The van der Waals surface area contributed by atoms with Gasteiger partial charge < -0.3 is 10.8 Å². The fourth-order valence-corrected chi connectivity index (χ4v) is 1.46. The summed E-state index contributed by atoms with van der Waals surface area (Å²) >= 11 is 0. The van der Waals surface area contributed by atoms with Crippen LogP contribution in [0.15, 0.2) is 0 Å². The standard InChI is InChI=1S/C8H16N2O2/c1-6(8(9)12)4-10-3-2-7(11)5-10/h6-7,11H,2-5H2,1H3,(H2,9,12). The zero-order valence-corrected chi connectivity index (χ0v) is 7.36. The Bertz CT molecular complexity index is 172. The van der Waals surface area contributed by atoms with Crippen LogP contribution in [0.5, 0.6) is 0 Å². The number of hydrogen-bond donors (Lipinski definition) is 2. The van der Waals surface area contributed by atoms with E-state index in [1.54, 1.807) is 0 Å². The minimum atomic E-state index is -0.267. The second kappa shape index (κ2) is 3.87. The van der Waals surface area contributed by atoms with Crippen LogP contribution in [0.3, 0.4) is 0 Å². The maximum absolute atomic E-state index is 10.7. The average molecular weight is 172 g/mol. The summed E-state index contributed by atoms with van der Waals surface area (Å²) in [5.74, 6) is -0.383. The maximum Gasteiger partial charge on any atom is 0.221 e. The number of β-amino-alcohol motifs (C(OH)–C–C–N with tert-alkyl or cyclic N) is 1. The van der Waals surface area contributed by atoms with Crippen molar-refractivity contribution in [2.24, 2.45) is 11.7 Å². The smallest absolute Gasteiger partial charge is 0.221 e. The first-order valence-corrected chi connectivity index (χ1v) is 4.29. The molecule has 4 nitrogen and oxygen atoms in total. The van der Waals surface area contributed by atoms with Gasteiger partial charge >= 0.3 is 0 Å². The van der Waals surface area contributed by atoms with E-state index < -0.39 is 0 Å². The zero-order valence-electron chi connectivity index (χ0n) is 7.36. The maximum atomic E-state index is 10.7. The van der Waals surface area contributed by atoms with Gasteiger partial charge in [-0.25, -0.2) is 0 Å². The summed E-state index contributed by atoms with van der Waals surface area (Å²) in [6, 6.07) is 0. The normalized spacial score (nSPS) is 27.3. The minimum Gasteiger partial charge on any atom is -0.392 e. The number of carbonyl (C=O) groups excluding carboxylic acids is 1. The van der Waals surface area contributed by atoms with E-state index in [-0.39, 0.29) is 17.9 Å². The molecule has 1 fully saturated rings. The summed E-state index contributed by atoms with van der Waals surface area (Å²) in [4.78, 5) is 12.8. The zero-order chi connectivity index (χ0) is 9.14. The van der Waals surface area contributed by atoms with E-state index in [9.17, 15) is 9.90 Å². The number of hydrogen-bond acceptors (Lipinski definition) is 3. The molecule has 2 atom stereocenters. The molecular formula is C8H16N2O2. The third-order valence-electron chi connectivity index (χ3n) is 2.27. The van der Waals surface area contributed by atoms with Crippen LogP contribution in [-0.4, -0.2) is 41.7 Å². The predicted octanol–water partition coefficient (Wildman–Crippen LogP) is -0.826. The highest BCUT2D eigenvalue weighted by Gasteiger charge is 2.22. The highest BCUT2D eigenvalue weighted by atomic mass is 16.3. The number of amides is 1. The van der Waals surface area contributed by atoms with Crippen LogP contribution >= 0.6 is 0 Å². The van der Waals surface area contributed by atoms with E-state index in [1.807, 2.05) is 6.92 Å². The van der Waals surface area contributed by atoms with Crippen molar-refractivity contribution >= 4 is 5.91 Å². The number of nitrogens with zero attached hydrogens (tertiary/aromatic N) is 1. The molecule has 1 saturated heterocycles. The lowest BCUT2D eigenvalue weighted by Gasteiger charge is -2.17. The molecule has 0 aliphatic carbocycles. The first-order valence-electron chi connectivity index (χ1n) is 4.29. The van der Waals surface area contributed by atoms with Crippen LogP contribution in [0, 0.1) is 5.92 Å². The van der Waals surface area contributed by atoms with Gasteiger partial charge in [0, 0.05) is 25.6 Å². The third-order valence-corrected chi connectivity index (χ3v) is 2.27. The SMILES string of the molecule is CC(CN1CCC(O)C1)C(N)=O. The van der Waals surface area contributed by atoms with Crippen LogP contribution in [0.25, 0.3) is 0 Å². The van der Waals surface area contributed by atoms with Gasteiger partial charge in [-0.3, -0.25) is 9.69 Å². The lowest BCUT2D eigenvalue weighted by atomic mass is 10.1. The quantitative estimate of drug-likeness (QED) is 0.584. The van der Waals surface area contributed by atoms with Crippen molar-refractivity contribution < 1.29 is 9.90 Å². The number of rotatable bonds is 3. The minimum absolute atomic E-state index is 0.115. The molecule has 0 aromatic heterocycles. The Balaban J connectivity index is 2.27. The van der Waals surface area contributed by atoms with Crippen LogP contribution in [0.1, 0.15) is 13.3 Å². The predicted molar refractivity (Wildman–Crippen MR) is 45.4 cm³/mol. The summed E-state index contributed by atoms with van der Waals surface area (Å²) in [5, 5.41) is 9.19. The van der Waals surface area contributed by atoms with Gasteiger partial charge in [0.15, 0.2) is 0 Å². The first kappa shape index (κ1) is 9.48. The lowest BCUT2D eigenvalue weighted by molar-refractivity contribution is -0.121. The molecule has 4 heteroatoms. The van der Waals surface area contributed by atoms with Crippen molar-refractivity contribution in [1.82, 2.24) is 4.90 Å². The van der Waals surface area contributed by atoms with Gasteiger partial charge in [-0.2, -0.15) is 0 Å². The van der Waals surface area contributed by atoms with E-state index in [4.69, 9.17) is 5.73 Å². The first-order chi connectivity index (χ1) is 5.59.